The molecule has 2 aliphatic carbocycles. The van der Waals surface area contributed by atoms with Gasteiger partial charge in [0.1, 0.15) is 11.5 Å². The first-order valence-electron chi connectivity index (χ1n) is 8.71. The maximum Gasteiger partial charge on any atom is 0.109 e. The first kappa shape index (κ1) is 15.1. The Hall–Kier alpha value is -0.760. The molecule has 118 valence electrons. The van der Waals surface area contributed by atoms with Crippen molar-refractivity contribution in [2.24, 2.45) is 17.3 Å². The Labute approximate surface area is 129 Å². The number of hydrogen-bond donors (Lipinski definition) is 1. The highest BCUT2D eigenvalue weighted by atomic mass is 16.3. The van der Waals surface area contributed by atoms with Gasteiger partial charge in [0.05, 0.1) is 0 Å². The standard InChI is InChI=1S/C19H31NO/c1-12-7-6-8-13(2)18(12)20-16-10-19(4,5)11-17-15(16)9-14(3)21-17/h9,12-13,16,18,20H,6-8,10-11H2,1-5H3. The summed E-state index contributed by atoms with van der Waals surface area (Å²) in [5, 5.41) is 4.02. The van der Waals surface area contributed by atoms with Crippen LogP contribution < -0.4 is 5.32 Å². The number of rotatable bonds is 2. The van der Waals surface area contributed by atoms with Crippen molar-refractivity contribution in [3.63, 3.8) is 0 Å². The van der Waals surface area contributed by atoms with E-state index in [-0.39, 0.29) is 0 Å². The molecule has 1 N–H and O–H groups in total. The molecule has 1 aromatic rings. The first-order valence-corrected chi connectivity index (χ1v) is 8.71. The van der Waals surface area contributed by atoms with Gasteiger partial charge in [0.2, 0.25) is 0 Å². The van der Waals surface area contributed by atoms with Crippen LogP contribution >= 0.6 is 0 Å². The average molecular weight is 289 g/mol. The van der Waals surface area contributed by atoms with Gasteiger partial charge in [-0.15, -0.1) is 0 Å². The summed E-state index contributed by atoms with van der Waals surface area (Å²) in [5.74, 6) is 3.86. The third kappa shape index (κ3) is 3.06. The predicted molar refractivity (Wildman–Crippen MR) is 87.4 cm³/mol. The lowest BCUT2D eigenvalue weighted by Crippen LogP contribution is -2.46. The van der Waals surface area contributed by atoms with E-state index in [9.17, 15) is 0 Å². The van der Waals surface area contributed by atoms with Crippen LogP contribution in [0.15, 0.2) is 10.5 Å². The minimum absolute atomic E-state index is 0.329. The summed E-state index contributed by atoms with van der Waals surface area (Å²) in [6.07, 6.45) is 6.43. The molecule has 1 aromatic heterocycles. The Bertz CT molecular complexity index is 492. The van der Waals surface area contributed by atoms with Crippen LogP contribution in [0.1, 0.15) is 76.5 Å². The fourth-order valence-corrected chi connectivity index (χ4v) is 4.58. The molecule has 2 aliphatic rings. The molecule has 2 nitrogen and oxygen atoms in total. The zero-order valence-corrected chi connectivity index (χ0v) is 14.3. The van der Waals surface area contributed by atoms with Crippen LogP contribution in [0.2, 0.25) is 0 Å². The molecular formula is C19H31NO. The van der Waals surface area contributed by atoms with Crippen LogP contribution in [0.4, 0.5) is 0 Å². The topological polar surface area (TPSA) is 25.2 Å². The van der Waals surface area contributed by atoms with Gasteiger partial charge in [-0.1, -0.05) is 34.1 Å². The lowest BCUT2D eigenvalue weighted by molar-refractivity contribution is 0.159. The molecule has 3 atom stereocenters. The molecule has 3 rings (SSSR count). The number of hydrogen-bond acceptors (Lipinski definition) is 2. The van der Waals surface area contributed by atoms with Crippen molar-refractivity contribution in [2.45, 2.75) is 78.8 Å². The van der Waals surface area contributed by atoms with Crippen LogP contribution in [-0.4, -0.2) is 6.04 Å². The fraction of sp³-hybridized carbons (Fsp3) is 0.789. The molecule has 21 heavy (non-hydrogen) atoms. The lowest BCUT2D eigenvalue weighted by Gasteiger charge is -2.41. The van der Waals surface area contributed by atoms with Gasteiger partial charge in [-0.05, 0) is 49.5 Å². The minimum atomic E-state index is 0.329. The van der Waals surface area contributed by atoms with Crippen molar-refractivity contribution in [1.82, 2.24) is 5.32 Å². The summed E-state index contributed by atoms with van der Waals surface area (Å²) in [6.45, 7) is 11.7. The van der Waals surface area contributed by atoms with E-state index in [1.165, 1.54) is 37.0 Å². The normalized spacial score (nSPS) is 35.5. The van der Waals surface area contributed by atoms with Crippen molar-refractivity contribution in [2.75, 3.05) is 0 Å². The molecule has 1 saturated carbocycles. The van der Waals surface area contributed by atoms with Crippen molar-refractivity contribution >= 4 is 0 Å². The van der Waals surface area contributed by atoms with Crippen molar-refractivity contribution in [1.29, 1.82) is 0 Å². The average Bonchev–Trinajstić information content (AvgIpc) is 2.72. The van der Waals surface area contributed by atoms with E-state index in [1.807, 2.05) is 0 Å². The zero-order valence-electron chi connectivity index (χ0n) is 14.3. The van der Waals surface area contributed by atoms with Crippen molar-refractivity contribution in [3.05, 3.63) is 23.2 Å². The molecule has 0 amide bonds. The molecule has 0 aromatic carbocycles. The van der Waals surface area contributed by atoms with Gasteiger partial charge in [-0.25, -0.2) is 0 Å². The highest BCUT2D eigenvalue weighted by molar-refractivity contribution is 5.29. The van der Waals surface area contributed by atoms with Gasteiger partial charge < -0.3 is 9.73 Å². The largest absolute Gasteiger partial charge is 0.466 e. The zero-order chi connectivity index (χ0) is 15.2. The molecule has 0 saturated heterocycles. The van der Waals surface area contributed by atoms with Gasteiger partial charge in [0.25, 0.3) is 0 Å². The Balaban J connectivity index is 1.84. The van der Waals surface area contributed by atoms with E-state index < -0.39 is 0 Å². The Morgan fingerprint density at radius 2 is 1.86 bits per heavy atom. The molecule has 2 heteroatoms. The van der Waals surface area contributed by atoms with Gasteiger partial charge in [0.15, 0.2) is 0 Å². The second-order valence-electron chi connectivity index (χ2n) is 8.41. The predicted octanol–water partition coefficient (Wildman–Crippen LogP) is 5.02. The molecule has 1 fully saturated rings. The monoisotopic (exact) mass is 289 g/mol. The number of aryl methyl sites for hydroxylation is 1. The van der Waals surface area contributed by atoms with Gasteiger partial charge in [-0.2, -0.15) is 0 Å². The summed E-state index contributed by atoms with van der Waals surface area (Å²) in [6, 6.07) is 3.38. The highest BCUT2D eigenvalue weighted by Crippen LogP contribution is 2.43. The summed E-state index contributed by atoms with van der Waals surface area (Å²) < 4.78 is 5.97. The molecule has 1 heterocycles. The van der Waals surface area contributed by atoms with Gasteiger partial charge in [0, 0.05) is 24.1 Å². The van der Waals surface area contributed by atoms with E-state index in [0.717, 1.165) is 24.0 Å². The van der Waals surface area contributed by atoms with Crippen LogP contribution in [0, 0.1) is 24.2 Å². The maximum absolute atomic E-state index is 5.97. The van der Waals surface area contributed by atoms with E-state index in [0.29, 0.717) is 17.5 Å². The van der Waals surface area contributed by atoms with Gasteiger partial charge in [-0.3, -0.25) is 0 Å². The number of fused-ring (bicyclic) bond motifs is 1. The van der Waals surface area contributed by atoms with E-state index in [4.69, 9.17) is 4.42 Å². The molecule has 0 radical (unpaired) electrons. The van der Waals surface area contributed by atoms with E-state index in [2.05, 4.69) is 46.0 Å². The number of nitrogens with one attached hydrogen (secondary N) is 1. The Morgan fingerprint density at radius 1 is 1.19 bits per heavy atom. The van der Waals surface area contributed by atoms with E-state index in [1.54, 1.807) is 0 Å². The Morgan fingerprint density at radius 3 is 2.52 bits per heavy atom. The molecular weight excluding hydrogens is 258 g/mol. The second-order valence-corrected chi connectivity index (χ2v) is 8.41. The molecule has 3 unspecified atom stereocenters. The van der Waals surface area contributed by atoms with Crippen molar-refractivity contribution in [3.8, 4) is 0 Å². The summed E-state index contributed by atoms with van der Waals surface area (Å²) in [7, 11) is 0. The highest BCUT2D eigenvalue weighted by Gasteiger charge is 2.37. The third-order valence-electron chi connectivity index (χ3n) is 5.67. The van der Waals surface area contributed by atoms with Crippen LogP contribution in [0.3, 0.4) is 0 Å². The van der Waals surface area contributed by atoms with Crippen LogP contribution in [0.5, 0.6) is 0 Å². The fourth-order valence-electron chi connectivity index (χ4n) is 4.58. The first-order chi connectivity index (χ1) is 9.85. The quantitative estimate of drug-likeness (QED) is 0.827. The van der Waals surface area contributed by atoms with Gasteiger partial charge >= 0.3 is 0 Å². The third-order valence-corrected chi connectivity index (χ3v) is 5.67. The second kappa shape index (κ2) is 5.46. The smallest absolute Gasteiger partial charge is 0.109 e. The minimum Gasteiger partial charge on any atom is -0.466 e. The molecule has 0 bridgehead atoms. The lowest BCUT2D eigenvalue weighted by atomic mass is 9.73. The molecule has 0 spiro atoms. The SMILES string of the molecule is Cc1cc2c(o1)CC(C)(C)CC2NC1C(C)CCCC1C. The summed E-state index contributed by atoms with van der Waals surface area (Å²) in [4.78, 5) is 0. The summed E-state index contributed by atoms with van der Waals surface area (Å²) in [5.41, 5.74) is 1.76. The maximum atomic E-state index is 5.97. The number of furan rings is 1. The summed E-state index contributed by atoms with van der Waals surface area (Å²) >= 11 is 0. The van der Waals surface area contributed by atoms with Crippen molar-refractivity contribution < 1.29 is 4.42 Å². The van der Waals surface area contributed by atoms with Crippen LogP contribution in [0.25, 0.3) is 0 Å². The van der Waals surface area contributed by atoms with E-state index >= 15 is 0 Å². The van der Waals surface area contributed by atoms with Crippen LogP contribution in [-0.2, 0) is 6.42 Å². The Kier molecular flexibility index (Phi) is 3.94. The molecule has 0 aliphatic heterocycles.